The molecule has 7 heteroatoms. The molecule has 170 valence electrons. The second-order valence-electron chi connectivity index (χ2n) is 10.1. The maximum atomic E-state index is 12.4. The van der Waals surface area contributed by atoms with E-state index in [0.717, 1.165) is 56.7 Å². The van der Waals surface area contributed by atoms with Crippen LogP contribution >= 0.6 is 0 Å². The number of pyridine rings is 1. The summed E-state index contributed by atoms with van der Waals surface area (Å²) in [6.45, 7) is 9.68. The molecule has 31 heavy (non-hydrogen) atoms. The molecule has 1 saturated carbocycles. The van der Waals surface area contributed by atoms with E-state index in [1.807, 2.05) is 0 Å². The molecule has 0 aromatic carbocycles. The van der Waals surface area contributed by atoms with Crippen LogP contribution in [0.15, 0.2) is 12.1 Å². The first-order chi connectivity index (χ1) is 14.9. The van der Waals surface area contributed by atoms with Crippen molar-refractivity contribution in [1.82, 2.24) is 9.88 Å². The lowest BCUT2D eigenvalue weighted by atomic mass is 9.71. The van der Waals surface area contributed by atoms with Crippen molar-refractivity contribution in [2.75, 3.05) is 37.6 Å². The van der Waals surface area contributed by atoms with Crippen molar-refractivity contribution in [3.05, 3.63) is 23.5 Å². The minimum Gasteiger partial charge on any atom is -0.483 e. The zero-order chi connectivity index (χ0) is 22.1. The van der Waals surface area contributed by atoms with Gasteiger partial charge in [0.2, 0.25) is 0 Å². The van der Waals surface area contributed by atoms with E-state index < -0.39 is 0 Å². The number of nitrogens with zero attached hydrogens (tertiary/aromatic N) is 3. The number of carbonyl (C=O) groups excluding carboxylic acids is 1. The predicted molar refractivity (Wildman–Crippen MR) is 118 cm³/mol. The lowest BCUT2D eigenvalue weighted by molar-refractivity contribution is -0.150. The van der Waals surface area contributed by atoms with Gasteiger partial charge in [0.25, 0.3) is 6.47 Å². The molecule has 0 radical (unpaired) electrons. The molecule has 1 unspecified atom stereocenters. The van der Waals surface area contributed by atoms with Crippen LogP contribution in [0.4, 0.5) is 5.69 Å². The van der Waals surface area contributed by atoms with E-state index in [0.29, 0.717) is 5.41 Å². The monoisotopic (exact) mass is 429 g/mol. The Labute approximate surface area is 184 Å². The van der Waals surface area contributed by atoms with Crippen LogP contribution in [0.1, 0.15) is 56.3 Å². The van der Waals surface area contributed by atoms with Crippen molar-refractivity contribution in [2.24, 2.45) is 10.8 Å². The van der Waals surface area contributed by atoms with E-state index in [9.17, 15) is 4.79 Å². The number of likely N-dealkylation sites (tertiary alicyclic amines) is 1. The van der Waals surface area contributed by atoms with E-state index in [1.165, 1.54) is 38.0 Å². The van der Waals surface area contributed by atoms with Gasteiger partial charge in [0, 0.05) is 61.6 Å². The molecule has 2 spiro atoms. The van der Waals surface area contributed by atoms with Crippen molar-refractivity contribution < 1.29 is 19.4 Å². The van der Waals surface area contributed by atoms with Crippen LogP contribution in [0.25, 0.3) is 0 Å². The molecule has 1 aliphatic carbocycles. The van der Waals surface area contributed by atoms with Gasteiger partial charge < -0.3 is 19.6 Å². The van der Waals surface area contributed by atoms with E-state index >= 15 is 0 Å². The van der Waals surface area contributed by atoms with Gasteiger partial charge in [-0.15, -0.1) is 0 Å². The summed E-state index contributed by atoms with van der Waals surface area (Å²) in [5.41, 5.74) is 3.90. The molecule has 4 fully saturated rings. The van der Waals surface area contributed by atoms with Crippen molar-refractivity contribution in [2.45, 2.75) is 64.9 Å². The Morgan fingerprint density at radius 1 is 1.13 bits per heavy atom. The first-order valence-corrected chi connectivity index (χ1v) is 11.6. The molecule has 0 amide bonds. The molecule has 4 heterocycles. The molecule has 3 aliphatic heterocycles. The van der Waals surface area contributed by atoms with Gasteiger partial charge in [-0.2, -0.15) is 0 Å². The highest BCUT2D eigenvalue weighted by Gasteiger charge is 2.52. The Hall–Kier alpha value is -2.15. The van der Waals surface area contributed by atoms with E-state index in [2.05, 4.69) is 40.8 Å². The average molecular weight is 430 g/mol. The van der Waals surface area contributed by atoms with Crippen LogP contribution in [0.3, 0.4) is 0 Å². The Morgan fingerprint density at radius 2 is 1.74 bits per heavy atom. The molecular formula is C24H35N3O4. The molecule has 1 aromatic rings. The third-order valence-corrected chi connectivity index (χ3v) is 7.51. The van der Waals surface area contributed by atoms with Crippen molar-refractivity contribution in [3.63, 3.8) is 0 Å². The average Bonchev–Trinajstić information content (AvgIpc) is 2.94. The molecule has 1 N–H and O–H groups in total. The molecule has 3 saturated heterocycles. The predicted octanol–water partition coefficient (Wildman–Crippen LogP) is 3.18. The number of aromatic nitrogens is 1. The molecule has 1 aromatic heterocycles. The minimum atomic E-state index is -0.250. The maximum absolute atomic E-state index is 12.4. The molecule has 0 bridgehead atoms. The van der Waals surface area contributed by atoms with Crippen LogP contribution in [0.2, 0.25) is 0 Å². The Balaban J connectivity index is 0.000000730. The molecular weight excluding hydrogens is 394 g/mol. The number of ether oxygens (including phenoxy) is 1. The van der Waals surface area contributed by atoms with E-state index in [1.54, 1.807) is 0 Å². The molecule has 7 nitrogen and oxygen atoms in total. The number of carbonyl (C=O) groups is 2. The number of esters is 1. The topological polar surface area (TPSA) is 83.0 Å². The van der Waals surface area contributed by atoms with Crippen LogP contribution in [0.5, 0.6) is 0 Å². The largest absolute Gasteiger partial charge is 0.483 e. The molecule has 1 atom stereocenters. The second kappa shape index (κ2) is 8.77. The fourth-order valence-corrected chi connectivity index (χ4v) is 6.16. The van der Waals surface area contributed by atoms with Gasteiger partial charge in [-0.3, -0.25) is 14.6 Å². The molecule has 4 aliphatic rings. The van der Waals surface area contributed by atoms with E-state index in [4.69, 9.17) is 14.6 Å². The molecule has 5 rings (SSSR count). The number of anilines is 1. The normalized spacial score (nSPS) is 25.9. The Bertz CT molecular complexity index is 787. The third-order valence-electron chi connectivity index (χ3n) is 7.51. The van der Waals surface area contributed by atoms with Crippen molar-refractivity contribution in [1.29, 1.82) is 0 Å². The second-order valence-corrected chi connectivity index (χ2v) is 10.1. The van der Waals surface area contributed by atoms with Gasteiger partial charge >= 0.3 is 5.97 Å². The van der Waals surface area contributed by atoms with Crippen LogP contribution < -0.4 is 4.90 Å². The first kappa shape index (κ1) is 22.1. The Morgan fingerprint density at radius 3 is 2.35 bits per heavy atom. The first-order valence-electron chi connectivity index (χ1n) is 11.6. The highest BCUT2D eigenvalue weighted by atomic mass is 16.6. The highest BCUT2D eigenvalue weighted by Crippen LogP contribution is 2.47. The van der Waals surface area contributed by atoms with Crippen molar-refractivity contribution in [3.8, 4) is 0 Å². The van der Waals surface area contributed by atoms with E-state index in [-0.39, 0.29) is 24.0 Å². The Kier molecular flexibility index (Phi) is 6.24. The highest BCUT2D eigenvalue weighted by molar-refractivity contribution is 5.79. The summed E-state index contributed by atoms with van der Waals surface area (Å²) >= 11 is 0. The lowest BCUT2D eigenvalue weighted by Crippen LogP contribution is -2.72. The SMILES string of the molecule is Cc1cc(N2CC3(CN(CCC4CC5(CCCCC5)C(=O)O4)C3)C2)cc(C)n1.O=CO. The smallest absolute Gasteiger partial charge is 0.312 e. The van der Waals surface area contributed by atoms with Gasteiger partial charge in [0.1, 0.15) is 6.10 Å². The zero-order valence-corrected chi connectivity index (χ0v) is 18.8. The van der Waals surface area contributed by atoms with Gasteiger partial charge in [-0.1, -0.05) is 19.3 Å². The number of hydrogen-bond acceptors (Lipinski definition) is 6. The lowest BCUT2D eigenvalue weighted by Gasteiger charge is -2.61. The van der Waals surface area contributed by atoms with Gasteiger partial charge in [-0.25, -0.2) is 0 Å². The fourth-order valence-electron chi connectivity index (χ4n) is 6.16. The van der Waals surface area contributed by atoms with Gasteiger partial charge in [0.15, 0.2) is 0 Å². The van der Waals surface area contributed by atoms with Crippen LogP contribution in [-0.2, 0) is 14.3 Å². The van der Waals surface area contributed by atoms with Gasteiger partial charge in [0.05, 0.1) is 5.41 Å². The number of rotatable bonds is 4. The summed E-state index contributed by atoms with van der Waals surface area (Å²) in [4.78, 5) is 30.3. The summed E-state index contributed by atoms with van der Waals surface area (Å²) in [6.07, 6.45) is 7.92. The van der Waals surface area contributed by atoms with Crippen molar-refractivity contribution >= 4 is 18.1 Å². The number of cyclic esters (lactones) is 1. The summed E-state index contributed by atoms with van der Waals surface area (Å²) in [7, 11) is 0. The standard InChI is InChI=1S/C23H33N3O2.CH2O2/c1-17-10-19(11-18(2)24-17)26-15-22(16-26)13-25(14-22)9-6-20-12-23(21(27)28-20)7-4-3-5-8-23;2-1-3/h10-11,20H,3-9,12-16H2,1-2H3;1H,(H,2,3). The van der Waals surface area contributed by atoms with Crippen LogP contribution in [0, 0.1) is 24.7 Å². The number of carboxylic acid groups (broad SMARTS) is 1. The maximum Gasteiger partial charge on any atom is 0.312 e. The number of hydrogen-bond donors (Lipinski definition) is 1. The van der Waals surface area contributed by atoms with Gasteiger partial charge in [-0.05, 0) is 45.2 Å². The third kappa shape index (κ3) is 4.56. The summed E-state index contributed by atoms with van der Waals surface area (Å²) < 4.78 is 5.78. The fraction of sp³-hybridized carbons (Fsp3) is 0.708. The zero-order valence-electron chi connectivity index (χ0n) is 18.8. The summed E-state index contributed by atoms with van der Waals surface area (Å²) in [5.74, 6) is 0.106. The quantitative estimate of drug-likeness (QED) is 0.581. The van der Waals surface area contributed by atoms with Crippen LogP contribution in [-0.4, -0.2) is 66.3 Å². The summed E-state index contributed by atoms with van der Waals surface area (Å²) in [6, 6.07) is 4.40. The number of aryl methyl sites for hydroxylation is 2. The minimum absolute atomic E-state index is 0.106. The summed E-state index contributed by atoms with van der Waals surface area (Å²) in [5, 5.41) is 6.89.